The Balaban J connectivity index is 0.938. The number of hydrogen-bond acceptors (Lipinski definition) is 2. The van der Waals surface area contributed by atoms with Gasteiger partial charge in [0.2, 0.25) is 0 Å². The van der Waals surface area contributed by atoms with Crippen LogP contribution in [-0.2, 0) is 0 Å². The Morgan fingerprint density at radius 1 is 0.482 bits per heavy atom. The van der Waals surface area contributed by atoms with Gasteiger partial charge in [-0.1, -0.05) is 110 Å². The fourth-order valence-electron chi connectivity index (χ4n) is 9.55. The summed E-state index contributed by atoms with van der Waals surface area (Å²) in [5.41, 5.74) is 13.9. The first-order valence-corrected chi connectivity index (χ1v) is 20.3. The maximum Gasteiger partial charge on any atom is 0.0541 e. The third kappa shape index (κ3) is 4.74. The van der Waals surface area contributed by atoms with E-state index in [0.29, 0.717) is 11.8 Å². The van der Waals surface area contributed by atoms with E-state index in [1.807, 2.05) is 11.3 Å². The molecule has 56 heavy (non-hydrogen) atoms. The molecule has 1 aliphatic heterocycles. The minimum Gasteiger partial charge on any atom is -0.313 e. The second-order valence-corrected chi connectivity index (χ2v) is 16.5. The Morgan fingerprint density at radius 3 is 2.05 bits per heavy atom. The molecule has 3 heterocycles. The lowest BCUT2D eigenvalue weighted by atomic mass is 9.83. The Labute approximate surface area is 329 Å². The molecule has 1 aliphatic carbocycles. The van der Waals surface area contributed by atoms with Crippen LogP contribution in [0.1, 0.15) is 18.4 Å². The highest BCUT2D eigenvalue weighted by molar-refractivity contribution is 7.25. The summed E-state index contributed by atoms with van der Waals surface area (Å²) in [6, 6.07) is 63.2. The predicted octanol–water partition coefficient (Wildman–Crippen LogP) is 15.0. The van der Waals surface area contributed by atoms with E-state index in [0.717, 1.165) is 0 Å². The van der Waals surface area contributed by atoms with Crippen LogP contribution < -0.4 is 4.90 Å². The number of hydrogen-bond donors (Lipinski definition) is 0. The van der Waals surface area contributed by atoms with E-state index < -0.39 is 0 Å². The molecule has 3 heteroatoms. The first-order chi connectivity index (χ1) is 27.7. The topological polar surface area (TPSA) is 8.17 Å². The zero-order valence-corrected chi connectivity index (χ0v) is 31.7. The van der Waals surface area contributed by atoms with Crippen LogP contribution in [-0.4, -0.2) is 4.57 Å². The summed E-state index contributed by atoms with van der Waals surface area (Å²) in [6.45, 7) is 2.35. The molecule has 2 nitrogen and oxygen atoms in total. The standard InChI is InChI=1S/C53H36N2S/c1-33-10-9-16-50-53(33)46-32-38(22-26-49(46)54(50)40-11-3-2-4-12-40)37-21-25-48-44(30-37)42-13-5-7-15-47(42)55(48)41-24-20-35-28-34(18-19-36(35)29-41)39-23-27-52-45(31-39)43-14-6-8-17-51(43)56-52/h2-33,53H,1H3. The number of anilines is 2. The number of aromatic nitrogens is 1. The highest BCUT2D eigenvalue weighted by Crippen LogP contribution is 2.53. The summed E-state index contributed by atoms with van der Waals surface area (Å²) in [5, 5.41) is 7.69. The van der Waals surface area contributed by atoms with Gasteiger partial charge in [0.05, 0.1) is 11.0 Å². The molecule has 0 saturated heterocycles. The molecule has 0 spiro atoms. The molecular formula is C53H36N2S. The maximum atomic E-state index is 2.45. The molecule has 2 unspecified atom stereocenters. The number of para-hydroxylation sites is 2. The highest BCUT2D eigenvalue weighted by atomic mass is 32.1. The molecule has 12 rings (SSSR count). The van der Waals surface area contributed by atoms with Crippen LogP contribution in [0.15, 0.2) is 194 Å². The van der Waals surface area contributed by atoms with Crippen molar-refractivity contribution in [1.29, 1.82) is 0 Å². The van der Waals surface area contributed by atoms with Gasteiger partial charge in [-0.15, -0.1) is 11.3 Å². The number of nitrogens with zero attached hydrogens (tertiary/aromatic N) is 2. The van der Waals surface area contributed by atoms with Crippen LogP contribution in [0.3, 0.4) is 0 Å². The van der Waals surface area contributed by atoms with Crippen LogP contribution in [0.25, 0.3) is 80.7 Å². The first kappa shape index (κ1) is 31.6. The van der Waals surface area contributed by atoms with Crippen molar-refractivity contribution in [2.45, 2.75) is 12.8 Å². The summed E-state index contributed by atoms with van der Waals surface area (Å²) < 4.78 is 5.11. The van der Waals surface area contributed by atoms with Gasteiger partial charge >= 0.3 is 0 Å². The van der Waals surface area contributed by atoms with Crippen molar-refractivity contribution in [3.63, 3.8) is 0 Å². The number of allylic oxidation sites excluding steroid dienone is 4. The maximum absolute atomic E-state index is 2.45. The van der Waals surface area contributed by atoms with Crippen molar-refractivity contribution in [3.8, 4) is 27.9 Å². The van der Waals surface area contributed by atoms with Gasteiger partial charge in [-0.25, -0.2) is 0 Å². The first-order valence-electron chi connectivity index (χ1n) is 19.5. The molecule has 0 fully saturated rings. The third-order valence-corrected chi connectivity index (χ3v) is 13.4. The molecular weight excluding hydrogens is 697 g/mol. The molecule has 0 amide bonds. The number of rotatable bonds is 4. The summed E-state index contributed by atoms with van der Waals surface area (Å²) in [5.74, 6) is 0.748. The van der Waals surface area contributed by atoms with Crippen molar-refractivity contribution in [3.05, 3.63) is 199 Å². The van der Waals surface area contributed by atoms with E-state index >= 15 is 0 Å². The van der Waals surface area contributed by atoms with E-state index in [9.17, 15) is 0 Å². The van der Waals surface area contributed by atoms with E-state index in [2.05, 4.69) is 204 Å². The van der Waals surface area contributed by atoms with Crippen LogP contribution in [0, 0.1) is 5.92 Å². The Morgan fingerprint density at radius 2 is 1.14 bits per heavy atom. The van der Waals surface area contributed by atoms with Crippen LogP contribution in [0.5, 0.6) is 0 Å². The van der Waals surface area contributed by atoms with E-state index in [1.165, 1.54) is 103 Å². The van der Waals surface area contributed by atoms with Gasteiger partial charge in [-0.05, 0) is 129 Å². The highest BCUT2D eigenvalue weighted by Gasteiger charge is 2.38. The molecule has 264 valence electrons. The van der Waals surface area contributed by atoms with Crippen LogP contribution in [0.2, 0.25) is 0 Å². The van der Waals surface area contributed by atoms with Gasteiger partial charge in [-0.2, -0.15) is 0 Å². The van der Waals surface area contributed by atoms with Gasteiger partial charge in [0, 0.05) is 59.6 Å². The molecule has 0 saturated carbocycles. The lowest BCUT2D eigenvalue weighted by molar-refractivity contribution is 0.618. The average Bonchev–Trinajstić information content (AvgIpc) is 3.91. The van der Waals surface area contributed by atoms with Crippen molar-refractivity contribution in [1.82, 2.24) is 4.57 Å². The predicted molar refractivity (Wildman–Crippen MR) is 240 cm³/mol. The van der Waals surface area contributed by atoms with Gasteiger partial charge in [0.15, 0.2) is 0 Å². The van der Waals surface area contributed by atoms with Crippen molar-refractivity contribution >= 4 is 75.5 Å². The Bertz CT molecular complexity index is 3290. The number of benzene rings is 8. The van der Waals surface area contributed by atoms with Crippen molar-refractivity contribution in [2.75, 3.05) is 4.90 Å². The summed E-state index contributed by atoms with van der Waals surface area (Å²) in [6.07, 6.45) is 6.87. The molecule has 0 radical (unpaired) electrons. The second kappa shape index (κ2) is 12.2. The molecule has 2 aliphatic rings. The molecule has 2 aromatic heterocycles. The van der Waals surface area contributed by atoms with Crippen molar-refractivity contribution in [2.24, 2.45) is 5.92 Å². The molecule has 0 N–H and O–H groups in total. The average molecular weight is 733 g/mol. The van der Waals surface area contributed by atoms with Crippen LogP contribution in [0.4, 0.5) is 11.4 Å². The Hall–Kier alpha value is -6.68. The van der Waals surface area contributed by atoms with E-state index in [1.54, 1.807) is 0 Å². The monoisotopic (exact) mass is 732 g/mol. The fraction of sp³-hybridized carbons (Fsp3) is 0.0566. The lowest BCUT2D eigenvalue weighted by Crippen LogP contribution is -2.18. The van der Waals surface area contributed by atoms with E-state index in [-0.39, 0.29) is 0 Å². The van der Waals surface area contributed by atoms with Crippen LogP contribution >= 0.6 is 11.3 Å². The number of thiophene rings is 1. The minimum atomic E-state index is 0.329. The minimum absolute atomic E-state index is 0.329. The summed E-state index contributed by atoms with van der Waals surface area (Å²) >= 11 is 1.87. The molecule has 0 bridgehead atoms. The van der Waals surface area contributed by atoms with Gasteiger partial charge in [-0.3, -0.25) is 0 Å². The van der Waals surface area contributed by atoms with Gasteiger partial charge in [0.1, 0.15) is 0 Å². The smallest absolute Gasteiger partial charge is 0.0541 e. The van der Waals surface area contributed by atoms with E-state index in [4.69, 9.17) is 0 Å². The van der Waals surface area contributed by atoms with Crippen molar-refractivity contribution < 1.29 is 0 Å². The summed E-state index contributed by atoms with van der Waals surface area (Å²) in [4.78, 5) is 2.45. The van der Waals surface area contributed by atoms with Gasteiger partial charge in [0.25, 0.3) is 0 Å². The normalized spacial score (nSPS) is 16.3. The molecule has 2 atom stereocenters. The largest absolute Gasteiger partial charge is 0.313 e. The lowest BCUT2D eigenvalue weighted by Gasteiger charge is -2.27. The zero-order valence-electron chi connectivity index (χ0n) is 30.9. The second-order valence-electron chi connectivity index (χ2n) is 15.4. The zero-order chi connectivity index (χ0) is 36.9. The molecule has 10 aromatic rings. The van der Waals surface area contributed by atoms with Gasteiger partial charge < -0.3 is 9.47 Å². The molecule has 8 aromatic carbocycles. The fourth-order valence-corrected chi connectivity index (χ4v) is 10.6. The Kier molecular flexibility index (Phi) is 6.87. The summed E-state index contributed by atoms with van der Waals surface area (Å²) in [7, 11) is 0. The SMILES string of the molecule is CC1C=CC=C2C1c1cc(-c3ccc4c(c3)c3ccccc3n4-c3ccc4cc(-c5ccc6sc7ccccc7c6c5)ccc4c3)ccc1N2c1ccccc1. The third-order valence-electron chi connectivity index (χ3n) is 12.2. The number of fused-ring (bicyclic) bond motifs is 10. The quantitative estimate of drug-likeness (QED) is 0.175.